The zero-order valence-electron chi connectivity index (χ0n) is 13.2. The van der Waals surface area contributed by atoms with E-state index in [-0.39, 0.29) is 17.0 Å². The molecule has 1 rings (SSSR count). The van der Waals surface area contributed by atoms with E-state index in [9.17, 15) is 9.90 Å². The molecule has 1 aliphatic rings. The van der Waals surface area contributed by atoms with Crippen LogP contribution in [0.3, 0.4) is 0 Å². The lowest BCUT2D eigenvalue weighted by atomic mass is 9.72. The van der Waals surface area contributed by atoms with E-state index in [4.69, 9.17) is 0 Å². The van der Waals surface area contributed by atoms with E-state index in [0.29, 0.717) is 25.9 Å². The van der Waals surface area contributed by atoms with E-state index in [1.54, 1.807) is 17.1 Å². The molecule has 0 unspecified atom stereocenters. The van der Waals surface area contributed by atoms with Crippen LogP contribution < -0.4 is 5.32 Å². The van der Waals surface area contributed by atoms with Gasteiger partial charge in [-0.15, -0.1) is 13.2 Å². The molecule has 114 valence electrons. The summed E-state index contributed by atoms with van der Waals surface area (Å²) in [5, 5.41) is 14.4. The smallest absolute Gasteiger partial charge is 0.255 e. The highest BCUT2D eigenvalue weighted by molar-refractivity contribution is 5.85. The zero-order valence-corrected chi connectivity index (χ0v) is 13.2. The number of carbonyl (C=O) groups excluding carboxylic acids is 1. The zero-order chi connectivity index (χ0) is 15.6. The minimum Gasteiger partial charge on any atom is -0.380 e. The van der Waals surface area contributed by atoms with Gasteiger partial charge in [-0.05, 0) is 27.7 Å². The van der Waals surface area contributed by atoms with Gasteiger partial charge in [0.05, 0.1) is 0 Å². The highest BCUT2D eigenvalue weighted by atomic mass is 16.3. The summed E-state index contributed by atoms with van der Waals surface area (Å²) in [5.41, 5.74) is -1.93. The summed E-state index contributed by atoms with van der Waals surface area (Å²) in [6.07, 6.45) is 4.13. The van der Waals surface area contributed by atoms with E-state index in [1.807, 2.05) is 27.7 Å². The molecular weight excluding hydrogens is 252 g/mol. The molecule has 1 aliphatic heterocycles. The van der Waals surface area contributed by atoms with Crippen molar-refractivity contribution in [2.45, 2.75) is 57.2 Å². The normalized spacial score (nSPS) is 22.9. The first-order valence-electron chi connectivity index (χ1n) is 7.08. The molecule has 2 N–H and O–H groups in total. The Labute approximate surface area is 122 Å². The van der Waals surface area contributed by atoms with Crippen LogP contribution in [0.4, 0.5) is 0 Å². The standard InChI is InChI=1S/C16H28N2O2/c1-7-9-18(10-8-2)13(19)16(20)11-14(3,4)17-15(5,6)12-16/h7-8,17,20H,1-2,9-12H2,3-6H3. The highest BCUT2D eigenvalue weighted by Crippen LogP contribution is 2.37. The van der Waals surface area contributed by atoms with Crippen LogP contribution >= 0.6 is 0 Å². The number of rotatable bonds is 5. The van der Waals surface area contributed by atoms with E-state index in [1.165, 1.54) is 0 Å². The molecule has 20 heavy (non-hydrogen) atoms. The largest absolute Gasteiger partial charge is 0.380 e. The molecule has 0 saturated carbocycles. The quantitative estimate of drug-likeness (QED) is 0.756. The highest BCUT2D eigenvalue weighted by Gasteiger charge is 2.51. The molecule has 4 nitrogen and oxygen atoms in total. The van der Waals surface area contributed by atoms with Crippen LogP contribution in [0.25, 0.3) is 0 Å². The van der Waals surface area contributed by atoms with Crippen molar-refractivity contribution >= 4 is 5.91 Å². The van der Waals surface area contributed by atoms with Crippen molar-refractivity contribution in [2.24, 2.45) is 0 Å². The Morgan fingerprint density at radius 1 is 1.15 bits per heavy atom. The molecule has 0 aromatic heterocycles. The third kappa shape index (κ3) is 3.93. The number of carbonyl (C=O) groups is 1. The molecule has 1 fully saturated rings. The Hall–Kier alpha value is -1.13. The summed E-state index contributed by atoms with van der Waals surface area (Å²) >= 11 is 0. The van der Waals surface area contributed by atoms with Crippen LogP contribution in [0.15, 0.2) is 25.3 Å². The minimum atomic E-state index is -1.34. The summed E-state index contributed by atoms with van der Waals surface area (Å²) in [5.74, 6) is -0.236. The number of nitrogens with one attached hydrogen (secondary N) is 1. The van der Waals surface area contributed by atoms with Gasteiger partial charge in [0.15, 0.2) is 0 Å². The second kappa shape index (κ2) is 5.70. The number of nitrogens with zero attached hydrogens (tertiary/aromatic N) is 1. The number of hydrogen-bond acceptors (Lipinski definition) is 3. The fourth-order valence-electron chi connectivity index (χ4n) is 3.53. The predicted molar refractivity (Wildman–Crippen MR) is 82.5 cm³/mol. The molecule has 1 amide bonds. The van der Waals surface area contributed by atoms with E-state index >= 15 is 0 Å². The van der Waals surface area contributed by atoms with Gasteiger partial charge in [0.25, 0.3) is 5.91 Å². The summed E-state index contributed by atoms with van der Waals surface area (Å²) < 4.78 is 0. The van der Waals surface area contributed by atoms with Crippen molar-refractivity contribution in [3.8, 4) is 0 Å². The Morgan fingerprint density at radius 3 is 1.90 bits per heavy atom. The maximum Gasteiger partial charge on any atom is 0.255 e. The lowest BCUT2D eigenvalue weighted by molar-refractivity contribution is -0.160. The Morgan fingerprint density at radius 2 is 1.55 bits per heavy atom. The first-order chi connectivity index (χ1) is 9.05. The number of amides is 1. The fourth-order valence-corrected chi connectivity index (χ4v) is 3.53. The molecule has 1 heterocycles. The van der Waals surface area contributed by atoms with Crippen molar-refractivity contribution in [1.29, 1.82) is 0 Å². The van der Waals surface area contributed by atoms with Crippen molar-refractivity contribution in [1.82, 2.24) is 10.2 Å². The van der Waals surface area contributed by atoms with Gasteiger partial charge in [-0.25, -0.2) is 0 Å². The maximum absolute atomic E-state index is 12.7. The lowest BCUT2D eigenvalue weighted by Gasteiger charge is -2.50. The molecule has 0 aromatic rings. The average Bonchev–Trinajstić information content (AvgIpc) is 2.22. The van der Waals surface area contributed by atoms with E-state index < -0.39 is 5.60 Å². The molecule has 0 spiro atoms. The number of piperidine rings is 1. The molecule has 0 aliphatic carbocycles. The Balaban J connectivity index is 3.03. The maximum atomic E-state index is 12.7. The summed E-state index contributed by atoms with van der Waals surface area (Å²) in [7, 11) is 0. The van der Waals surface area contributed by atoms with Gasteiger partial charge in [-0.2, -0.15) is 0 Å². The average molecular weight is 280 g/mol. The molecule has 0 bridgehead atoms. The second-order valence-corrected chi connectivity index (χ2v) is 7.07. The summed E-state index contributed by atoms with van der Waals surface area (Å²) in [4.78, 5) is 14.3. The molecule has 0 atom stereocenters. The topological polar surface area (TPSA) is 52.6 Å². The predicted octanol–water partition coefficient (Wildman–Crippen LogP) is 1.86. The fraction of sp³-hybridized carbons (Fsp3) is 0.688. The van der Waals surface area contributed by atoms with Gasteiger partial charge < -0.3 is 15.3 Å². The van der Waals surface area contributed by atoms with Crippen molar-refractivity contribution in [3.63, 3.8) is 0 Å². The van der Waals surface area contributed by atoms with Gasteiger partial charge in [0.1, 0.15) is 5.60 Å². The first kappa shape index (κ1) is 16.9. The first-order valence-corrected chi connectivity index (χ1v) is 7.08. The summed E-state index contributed by atoms with van der Waals surface area (Å²) in [6.45, 7) is 16.2. The lowest BCUT2D eigenvalue weighted by Crippen LogP contribution is -2.67. The summed E-state index contributed by atoms with van der Waals surface area (Å²) in [6, 6.07) is 0. The Kier molecular flexibility index (Phi) is 4.82. The van der Waals surface area contributed by atoms with Gasteiger partial charge in [-0.3, -0.25) is 4.79 Å². The van der Waals surface area contributed by atoms with Gasteiger partial charge in [0.2, 0.25) is 0 Å². The van der Waals surface area contributed by atoms with Crippen LogP contribution in [-0.2, 0) is 4.79 Å². The van der Waals surface area contributed by atoms with Gasteiger partial charge in [0, 0.05) is 37.0 Å². The molecule has 4 heteroatoms. The Bertz CT molecular complexity index is 373. The van der Waals surface area contributed by atoms with Crippen molar-refractivity contribution in [3.05, 3.63) is 25.3 Å². The molecule has 0 radical (unpaired) electrons. The molecule has 1 saturated heterocycles. The third-order valence-electron chi connectivity index (χ3n) is 3.53. The van der Waals surface area contributed by atoms with Crippen LogP contribution in [0.5, 0.6) is 0 Å². The van der Waals surface area contributed by atoms with E-state index in [0.717, 1.165) is 0 Å². The van der Waals surface area contributed by atoms with Crippen LogP contribution in [0.2, 0.25) is 0 Å². The SMILES string of the molecule is C=CCN(CC=C)C(=O)C1(O)CC(C)(C)NC(C)(C)C1. The molecule has 0 aromatic carbocycles. The van der Waals surface area contributed by atoms with Crippen LogP contribution in [0, 0.1) is 0 Å². The second-order valence-electron chi connectivity index (χ2n) is 7.07. The van der Waals surface area contributed by atoms with Crippen molar-refractivity contribution in [2.75, 3.05) is 13.1 Å². The molecular formula is C16H28N2O2. The van der Waals surface area contributed by atoms with Crippen LogP contribution in [-0.4, -0.2) is 45.7 Å². The van der Waals surface area contributed by atoms with E-state index in [2.05, 4.69) is 18.5 Å². The van der Waals surface area contributed by atoms with Crippen LogP contribution in [0.1, 0.15) is 40.5 Å². The monoisotopic (exact) mass is 280 g/mol. The third-order valence-corrected chi connectivity index (χ3v) is 3.53. The number of hydrogen-bond donors (Lipinski definition) is 2. The van der Waals surface area contributed by atoms with Gasteiger partial charge >= 0.3 is 0 Å². The minimum absolute atomic E-state index is 0.236. The van der Waals surface area contributed by atoms with Gasteiger partial charge in [-0.1, -0.05) is 12.2 Å². The number of aliphatic hydroxyl groups is 1. The van der Waals surface area contributed by atoms with Crippen molar-refractivity contribution < 1.29 is 9.90 Å².